The molecule has 84 valence electrons. The van der Waals surface area contributed by atoms with Gasteiger partial charge in [0, 0.05) is 4.47 Å². The predicted molar refractivity (Wildman–Crippen MR) is 60.0 cm³/mol. The lowest BCUT2D eigenvalue weighted by Crippen LogP contribution is -1.98. The highest BCUT2D eigenvalue weighted by Gasteiger charge is 2.06. The molecule has 6 heteroatoms. The quantitative estimate of drug-likeness (QED) is 0.866. The molecule has 2 heterocycles. The van der Waals surface area contributed by atoms with Crippen molar-refractivity contribution in [3.05, 3.63) is 33.8 Å². The first-order chi connectivity index (χ1) is 7.66. The molecule has 2 aromatic rings. The summed E-state index contributed by atoms with van der Waals surface area (Å²) >= 11 is 3.39. The topological polar surface area (TPSA) is 61.0 Å². The number of hydrogen-bond acceptors (Lipinski definition) is 5. The third-order valence-corrected chi connectivity index (χ3v) is 2.92. The number of aromatic nitrogens is 3. The van der Waals surface area contributed by atoms with Crippen molar-refractivity contribution < 1.29 is 9.37 Å². The first-order valence-electron chi connectivity index (χ1n) is 4.70. The fourth-order valence-corrected chi connectivity index (χ4v) is 1.43. The molecule has 2 aromatic heterocycles. The van der Waals surface area contributed by atoms with Crippen molar-refractivity contribution in [2.24, 2.45) is 0 Å². The van der Waals surface area contributed by atoms with Crippen LogP contribution >= 0.6 is 15.9 Å². The molecule has 0 N–H and O–H groups in total. The van der Waals surface area contributed by atoms with E-state index in [9.17, 15) is 0 Å². The van der Waals surface area contributed by atoms with Gasteiger partial charge in [0.25, 0.3) is 0 Å². The fraction of sp³-hybridized carbons (Fsp3) is 0.300. The number of pyridine rings is 1. The smallest absolute Gasteiger partial charge is 0.145 e. The third kappa shape index (κ3) is 2.38. The minimum atomic E-state index is 0.326. The van der Waals surface area contributed by atoms with Gasteiger partial charge >= 0.3 is 0 Å². The Bertz CT molecular complexity index is 499. The molecule has 0 aliphatic carbocycles. The van der Waals surface area contributed by atoms with Gasteiger partial charge in [-0.1, -0.05) is 10.3 Å². The zero-order valence-electron chi connectivity index (χ0n) is 8.90. The van der Waals surface area contributed by atoms with Gasteiger partial charge in [0.1, 0.15) is 23.7 Å². The molecule has 0 fully saturated rings. The van der Waals surface area contributed by atoms with Crippen molar-refractivity contribution in [1.29, 1.82) is 0 Å². The number of hydrogen-bond donors (Lipinski definition) is 0. The van der Waals surface area contributed by atoms with Crippen molar-refractivity contribution >= 4 is 15.9 Å². The second-order valence-corrected chi connectivity index (χ2v) is 4.18. The molecule has 0 bridgehead atoms. The van der Waals surface area contributed by atoms with E-state index >= 15 is 0 Å². The lowest BCUT2D eigenvalue weighted by atomic mass is 10.3. The lowest BCUT2D eigenvalue weighted by Gasteiger charge is -2.05. The van der Waals surface area contributed by atoms with E-state index in [0.717, 1.165) is 15.9 Å². The number of nitrogens with zero attached hydrogens (tertiary/aromatic N) is 3. The SMILES string of the molecule is Cc1ncc(OCc2nonc2C)cc1Br. The van der Waals surface area contributed by atoms with Crippen molar-refractivity contribution in [2.45, 2.75) is 20.5 Å². The monoisotopic (exact) mass is 283 g/mol. The molecule has 0 radical (unpaired) electrons. The van der Waals surface area contributed by atoms with E-state index < -0.39 is 0 Å². The van der Waals surface area contributed by atoms with E-state index in [0.29, 0.717) is 18.1 Å². The number of ether oxygens (including phenoxy) is 1. The van der Waals surface area contributed by atoms with Crippen LogP contribution < -0.4 is 4.74 Å². The minimum Gasteiger partial charge on any atom is -0.485 e. The van der Waals surface area contributed by atoms with Crippen LogP contribution in [0.4, 0.5) is 0 Å². The summed E-state index contributed by atoms with van der Waals surface area (Å²) < 4.78 is 11.0. The summed E-state index contributed by atoms with van der Waals surface area (Å²) in [7, 11) is 0. The Balaban J connectivity index is 2.05. The highest BCUT2D eigenvalue weighted by molar-refractivity contribution is 9.10. The fourth-order valence-electron chi connectivity index (χ4n) is 1.10. The van der Waals surface area contributed by atoms with Crippen LogP contribution in [-0.2, 0) is 6.61 Å². The summed E-state index contributed by atoms with van der Waals surface area (Å²) in [6, 6.07) is 1.87. The van der Waals surface area contributed by atoms with E-state index in [-0.39, 0.29) is 0 Å². The standard InChI is InChI=1S/C10H10BrN3O2/c1-6-9(11)3-8(4-12-6)15-5-10-7(2)13-16-14-10/h3-4H,5H2,1-2H3. The first kappa shape index (κ1) is 11.1. The van der Waals surface area contributed by atoms with Gasteiger partial charge in [0.15, 0.2) is 0 Å². The molecule has 2 rings (SSSR count). The Morgan fingerprint density at radius 2 is 2.12 bits per heavy atom. The molecule has 0 aliphatic rings. The Morgan fingerprint density at radius 1 is 1.31 bits per heavy atom. The highest BCUT2D eigenvalue weighted by atomic mass is 79.9. The van der Waals surface area contributed by atoms with Crippen LogP contribution in [0.2, 0.25) is 0 Å². The summed E-state index contributed by atoms with van der Waals surface area (Å²) in [6.45, 7) is 4.06. The number of rotatable bonds is 3. The van der Waals surface area contributed by atoms with Crippen molar-refractivity contribution in [2.75, 3.05) is 0 Å². The summed E-state index contributed by atoms with van der Waals surface area (Å²) in [5.41, 5.74) is 2.35. The lowest BCUT2D eigenvalue weighted by molar-refractivity contribution is 0.269. The Kier molecular flexibility index (Phi) is 3.19. The molecule has 0 saturated carbocycles. The van der Waals surface area contributed by atoms with Crippen molar-refractivity contribution in [3.63, 3.8) is 0 Å². The molecule has 0 saturated heterocycles. The van der Waals surface area contributed by atoms with E-state index in [1.54, 1.807) is 6.20 Å². The van der Waals surface area contributed by atoms with Gasteiger partial charge in [0.2, 0.25) is 0 Å². The number of aryl methyl sites for hydroxylation is 2. The Hall–Kier alpha value is -1.43. The van der Waals surface area contributed by atoms with E-state index in [1.165, 1.54) is 0 Å². The summed E-state index contributed by atoms with van der Waals surface area (Å²) in [5.74, 6) is 0.680. The normalized spacial score (nSPS) is 10.4. The molecule has 16 heavy (non-hydrogen) atoms. The van der Waals surface area contributed by atoms with Gasteiger partial charge < -0.3 is 4.74 Å². The van der Waals surface area contributed by atoms with E-state index in [1.807, 2.05) is 19.9 Å². The van der Waals surface area contributed by atoms with Crippen LogP contribution in [0, 0.1) is 13.8 Å². The van der Waals surface area contributed by atoms with Crippen LogP contribution in [0.15, 0.2) is 21.4 Å². The van der Waals surface area contributed by atoms with Gasteiger partial charge in [-0.05, 0) is 35.8 Å². The maximum absolute atomic E-state index is 5.51. The third-order valence-electron chi connectivity index (χ3n) is 2.12. The molecule has 0 unspecified atom stereocenters. The van der Waals surface area contributed by atoms with Crippen LogP contribution in [0.3, 0.4) is 0 Å². The Labute approximate surface area is 101 Å². The molecule has 0 atom stereocenters. The molecule has 0 spiro atoms. The molecule has 5 nitrogen and oxygen atoms in total. The van der Waals surface area contributed by atoms with Gasteiger partial charge in [-0.25, -0.2) is 4.63 Å². The van der Waals surface area contributed by atoms with Crippen LogP contribution in [-0.4, -0.2) is 15.3 Å². The predicted octanol–water partition coefficient (Wildman–Crippen LogP) is 2.42. The van der Waals surface area contributed by atoms with Crippen LogP contribution in [0.25, 0.3) is 0 Å². The average molecular weight is 284 g/mol. The van der Waals surface area contributed by atoms with Crippen LogP contribution in [0.1, 0.15) is 17.1 Å². The zero-order valence-corrected chi connectivity index (χ0v) is 10.5. The van der Waals surface area contributed by atoms with E-state index in [2.05, 4.69) is 35.9 Å². The van der Waals surface area contributed by atoms with Gasteiger partial charge in [-0.2, -0.15) is 0 Å². The van der Waals surface area contributed by atoms with Crippen LogP contribution in [0.5, 0.6) is 5.75 Å². The molecular formula is C10H10BrN3O2. The molecular weight excluding hydrogens is 274 g/mol. The second kappa shape index (κ2) is 4.61. The maximum atomic E-state index is 5.51. The van der Waals surface area contributed by atoms with Gasteiger partial charge in [-0.3, -0.25) is 4.98 Å². The molecule has 0 amide bonds. The van der Waals surface area contributed by atoms with Crippen molar-refractivity contribution in [3.8, 4) is 5.75 Å². The second-order valence-electron chi connectivity index (χ2n) is 3.32. The molecule has 0 aromatic carbocycles. The Morgan fingerprint density at radius 3 is 2.75 bits per heavy atom. The molecule has 0 aliphatic heterocycles. The van der Waals surface area contributed by atoms with Gasteiger partial charge in [0.05, 0.1) is 11.9 Å². The maximum Gasteiger partial charge on any atom is 0.145 e. The minimum absolute atomic E-state index is 0.326. The van der Waals surface area contributed by atoms with Gasteiger partial charge in [-0.15, -0.1) is 0 Å². The number of halogens is 1. The average Bonchev–Trinajstić information content (AvgIpc) is 2.66. The summed E-state index contributed by atoms with van der Waals surface area (Å²) in [6.07, 6.45) is 1.67. The zero-order chi connectivity index (χ0) is 11.5. The van der Waals surface area contributed by atoms with Crippen molar-refractivity contribution in [1.82, 2.24) is 15.3 Å². The van der Waals surface area contributed by atoms with E-state index in [4.69, 9.17) is 4.74 Å². The largest absolute Gasteiger partial charge is 0.485 e. The summed E-state index contributed by atoms with van der Waals surface area (Å²) in [4.78, 5) is 4.17. The first-order valence-corrected chi connectivity index (χ1v) is 5.49. The highest BCUT2D eigenvalue weighted by Crippen LogP contribution is 2.20. The summed E-state index contributed by atoms with van der Waals surface area (Å²) in [5, 5.41) is 7.40.